The molecule has 12 heteroatoms. The molecule has 0 atom stereocenters. The molecule has 0 saturated carbocycles. The molecule has 23 heavy (non-hydrogen) atoms. The molecule has 10 nitrogen and oxygen atoms in total. The zero-order valence-electron chi connectivity index (χ0n) is 12.4. The molecule has 2 heterocycles. The summed E-state index contributed by atoms with van der Waals surface area (Å²) in [6, 6.07) is 0. The number of rotatable bonds is 7. The lowest BCUT2D eigenvalue weighted by Crippen LogP contribution is -2.27. The maximum Gasteiger partial charge on any atom is 0.408 e. The fraction of sp³-hybridized carbons (Fsp3) is 0.455. The number of aryl methyl sites for hydroxylation is 2. The first-order valence-corrected chi connectivity index (χ1v) is 8.51. The van der Waals surface area contributed by atoms with Gasteiger partial charge in [-0.25, -0.2) is 13.1 Å². The zero-order chi connectivity index (χ0) is 17.2. The van der Waals surface area contributed by atoms with E-state index < -0.39 is 20.8 Å². The molecule has 0 aliphatic rings. The van der Waals surface area contributed by atoms with E-state index in [9.17, 15) is 18.5 Å². The van der Waals surface area contributed by atoms with Crippen LogP contribution in [0.4, 0.5) is 5.82 Å². The van der Waals surface area contributed by atoms with E-state index in [0.29, 0.717) is 12.2 Å². The Kier molecular flexibility index (Phi) is 5.02. The van der Waals surface area contributed by atoms with Crippen molar-refractivity contribution >= 4 is 27.4 Å². The van der Waals surface area contributed by atoms with Crippen molar-refractivity contribution in [3.63, 3.8) is 0 Å². The van der Waals surface area contributed by atoms with Gasteiger partial charge in [-0.1, -0.05) is 11.6 Å². The van der Waals surface area contributed by atoms with Crippen LogP contribution in [0.3, 0.4) is 0 Å². The van der Waals surface area contributed by atoms with Gasteiger partial charge in [-0.05, 0) is 18.8 Å². The Balaban J connectivity index is 2.03. The van der Waals surface area contributed by atoms with Crippen LogP contribution in [-0.2, 0) is 23.1 Å². The summed E-state index contributed by atoms with van der Waals surface area (Å²) in [7, 11) is -3.71. The predicted molar refractivity (Wildman–Crippen MR) is 81.7 cm³/mol. The van der Waals surface area contributed by atoms with Gasteiger partial charge in [-0.15, -0.1) is 0 Å². The van der Waals surface area contributed by atoms with Gasteiger partial charge >= 0.3 is 5.82 Å². The van der Waals surface area contributed by atoms with Crippen molar-refractivity contribution in [2.75, 3.05) is 6.54 Å². The number of nitro groups is 1. The number of aromatic nitrogens is 4. The third kappa shape index (κ3) is 3.86. The van der Waals surface area contributed by atoms with Gasteiger partial charge < -0.3 is 10.1 Å². The SMILES string of the molecule is CCn1cc(S(=O)(=O)NCCn2cc(Cl)c([N+](=O)[O-])n2)c(C)n1. The molecule has 0 radical (unpaired) electrons. The van der Waals surface area contributed by atoms with Crippen molar-refractivity contribution < 1.29 is 13.3 Å². The molecule has 1 N–H and O–H groups in total. The molecule has 0 aliphatic heterocycles. The molecule has 0 bridgehead atoms. The number of hydrogen-bond acceptors (Lipinski definition) is 6. The normalized spacial score (nSPS) is 11.8. The van der Waals surface area contributed by atoms with Crippen molar-refractivity contribution in [3.8, 4) is 0 Å². The number of hydrogen-bond donors (Lipinski definition) is 1. The highest BCUT2D eigenvalue weighted by molar-refractivity contribution is 7.89. The summed E-state index contributed by atoms with van der Waals surface area (Å²) in [6.45, 7) is 4.13. The fourth-order valence-corrected chi connectivity index (χ4v) is 3.35. The Bertz CT molecular complexity index is 828. The van der Waals surface area contributed by atoms with Gasteiger partial charge in [0.1, 0.15) is 4.90 Å². The summed E-state index contributed by atoms with van der Waals surface area (Å²) in [5.74, 6) is -0.463. The van der Waals surface area contributed by atoms with Crippen LogP contribution in [0.5, 0.6) is 0 Å². The molecule has 2 aromatic heterocycles. The Morgan fingerprint density at radius 3 is 2.57 bits per heavy atom. The third-order valence-corrected chi connectivity index (χ3v) is 4.85. The van der Waals surface area contributed by atoms with Crippen LogP contribution >= 0.6 is 11.6 Å². The van der Waals surface area contributed by atoms with E-state index in [0.717, 1.165) is 0 Å². The summed E-state index contributed by atoms with van der Waals surface area (Å²) in [6.07, 6.45) is 2.72. The van der Waals surface area contributed by atoms with E-state index in [4.69, 9.17) is 11.6 Å². The minimum absolute atomic E-state index is 0.00818. The Labute approximate surface area is 137 Å². The first-order valence-electron chi connectivity index (χ1n) is 6.65. The third-order valence-electron chi connectivity index (χ3n) is 3.02. The summed E-state index contributed by atoms with van der Waals surface area (Å²) in [4.78, 5) is 10.0. The molecular formula is C11H15ClN6O4S. The van der Waals surface area contributed by atoms with Crippen LogP contribution in [0.2, 0.25) is 5.02 Å². The summed E-state index contributed by atoms with van der Waals surface area (Å²) < 4.78 is 29.6. The van der Waals surface area contributed by atoms with E-state index in [1.54, 1.807) is 6.92 Å². The second-order valence-electron chi connectivity index (χ2n) is 4.65. The minimum atomic E-state index is -3.71. The fourth-order valence-electron chi connectivity index (χ4n) is 1.92. The summed E-state index contributed by atoms with van der Waals surface area (Å²) in [5, 5.41) is 18.3. The lowest BCUT2D eigenvalue weighted by Gasteiger charge is -2.04. The van der Waals surface area contributed by atoms with E-state index in [1.165, 1.54) is 21.8 Å². The molecule has 0 saturated heterocycles. The average molecular weight is 363 g/mol. The van der Waals surface area contributed by atoms with Gasteiger partial charge in [-0.3, -0.25) is 4.68 Å². The maximum absolute atomic E-state index is 12.2. The van der Waals surface area contributed by atoms with E-state index in [2.05, 4.69) is 14.9 Å². The largest absolute Gasteiger partial charge is 0.408 e. The average Bonchev–Trinajstić information content (AvgIpc) is 3.02. The summed E-state index contributed by atoms with van der Waals surface area (Å²) in [5.41, 5.74) is 0.400. The lowest BCUT2D eigenvalue weighted by molar-refractivity contribution is -0.389. The first kappa shape index (κ1) is 17.4. The van der Waals surface area contributed by atoms with Gasteiger partial charge in [0.2, 0.25) is 10.0 Å². The van der Waals surface area contributed by atoms with Crippen LogP contribution in [0.15, 0.2) is 17.3 Å². The number of nitrogens with zero attached hydrogens (tertiary/aromatic N) is 5. The molecule has 0 fully saturated rings. The molecule has 2 aromatic rings. The van der Waals surface area contributed by atoms with Crippen molar-refractivity contribution in [1.29, 1.82) is 0 Å². The van der Waals surface area contributed by atoms with Crippen molar-refractivity contribution in [2.24, 2.45) is 0 Å². The molecule has 0 spiro atoms. The van der Waals surface area contributed by atoms with Crippen molar-refractivity contribution in [2.45, 2.75) is 31.8 Å². The Morgan fingerprint density at radius 1 is 1.35 bits per heavy atom. The van der Waals surface area contributed by atoms with Crippen LogP contribution in [0, 0.1) is 17.0 Å². The molecule has 0 amide bonds. The van der Waals surface area contributed by atoms with Crippen LogP contribution < -0.4 is 4.72 Å². The molecule has 2 rings (SSSR count). The smallest absolute Gasteiger partial charge is 0.358 e. The number of halogens is 1. The standard InChI is InChI=1S/C11H15ClN6O4S/c1-3-16-7-10(8(2)14-16)23(21,22)13-4-5-17-6-9(12)11(15-17)18(19)20/h6-7,13H,3-5H2,1-2H3. The monoisotopic (exact) mass is 362 g/mol. The topological polar surface area (TPSA) is 125 Å². The van der Waals surface area contributed by atoms with Crippen LogP contribution in [0.1, 0.15) is 12.6 Å². The van der Waals surface area contributed by atoms with Crippen LogP contribution in [-0.4, -0.2) is 39.4 Å². The quantitative estimate of drug-likeness (QED) is 0.577. The van der Waals surface area contributed by atoms with E-state index >= 15 is 0 Å². The maximum atomic E-state index is 12.2. The molecule has 0 aromatic carbocycles. The molecule has 126 valence electrons. The highest BCUT2D eigenvalue weighted by Gasteiger charge is 2.21. The van der Waals surface area contributed by atoms with Gasteiger partial charge in [0.25, 0.3) is 0 Å². The highest BCUT2D eigenvalue weighted by atomic mass is 35.5. The van der Waals surface area contributed by atoms with Crippen LogP contribution in [0.25, 0.3) is 0 Å². The number of nitrogens with one attached hydrogen (secondary N) is 1. The van der Waals surface area contributed by atoms with Gasteiger partial charge in [-0.2, -0.15) is 9.78 Å². The second-order valence-corrected chi connectivity index (χ2v) is 6.80. The zero-order valence-corrected chi connectivity index (χ0v) is 14.0. The Hall–Kier alpha value is -1.98. The lowest BCUT2D eigenvalue weighted by atomic mass is 10.5. The molecular weight excluding hydrogens is 348 g/mol. The number of sulfonamides is 1. The van der Waals surface area contributed by atoms with Gasteiger partial charge in [0.05, 0.1) is 23.5 Å². The van der Waals surface area contributed by atoms with E-state index in [-0.39, 0.29) is 23.0 Å². The molecule has 0 aliphatic carbocycles. The minimum Gasteiger partial charge on any atom is -0.358 e. The van der Waals surface area contributed by atoms with Gasteiger partial charge in [0, 0.05) is 19.3 Å². The van der Waals surface area contributed by atoms with Gasteiger partial charge in [0.15, 0.2) is 5.02 Å². The molecule has 0 unspecified atom stereocenters. The first-order chi connectivity index (χ1) is 10.7. The summed E-state index contributed by atoms with van der Waals surface area (Å²) >= 11 is 5.67. The van der Waals surface area contributed by atoms with Crippen molar-refractivity contribution in [3.05, 3.63) is 33.2 Å². The van der Waals surface area contributed by atoms with Crippen molar-refractivity contribution in [1.82, 2.24) is 24.3 Å². The predicted octanol–water partition coefficient (Wildman–Crippen LogP) is 0.948. The Morgan fingerprint density at radius 2 is 2.04 bits per heavy atom. The highest BCUT2D eigenvalue weighted by Crippen LogP contribution is 2.21. The second kappa shape index (κ2) is 6.64. The van der Waals surface area contributed by atoms with E-state index in [1.807, 2.05) is 6.92 Å².